The van der Waals surface area contributed by atoms with Crippen LogP contribution < -0.4 is 0 Å². The molecule has 4 atom stereocenters. The van der Waals surface area contributed by atoms with Gasteiger partial charge in [0.25, 0.3) is 0 Å². The largest absolute Gasteiger partial charge is 0.294 e. The van der Waals surface area contributed by atoms with Gasteiger partial charge in [0.05, 0.1) is 31.6 Å². The summed E-state index contributed by atoms with van der Waals surface area (Å²) in [6, 6.07) is 0. The Hall–Kier alpha value is -0.0200. The van der Waals surface area contributed by atoms with E-state index in [1.807, 2.05) is 0 Å². The summed E-state index contributed by atoms with van der Waals surface area (Å²) in [6.07, 6.45) is 2.70. The zero-order valence-corrected chi connectivity index (χ0v) is 11.4. The van der Waals surface area contributed by atoms with Gasteiger partial charge in [-0.2, -0.15) is 0 Å². The molecule has 1 saturated carbocycles. The fourth-order valence-electron chi connectivity index (χ4n) is 3.07. The molecule has 90 valence electrons. The first-order valence-corrected chi connectivity index (χ1v) is 6.53. The number of hydrogen-bond donors (Lipinski definition) is 0. The third-order valence-corrected chi connectivity index (χ3v) is 6.24. The lowest BCUT2D eigenvalue weighted by Crippen LogP contribution is -2.46. The molecule has 0 saturated heterocycles. The third kappa shape index (κ3) is 1.20. The molecule has 0 heterocycles. The van der Waals surface area contributed by atoms with E-state index < -0.39 is 21.6 Å². The van der Waals surface area contributed by atoms with Gasteiger partial charge in [-0.15, -0.1) is 23.2 Å². The van der Waals surface area contributed by atoms with E-state index in [4.69, 9.17) is 46.4 Å². The number of hydrogen-bond acceptors (Lipinski definition) is 2. The van der Waals surface area contributed by atoms with Crippen molar-refractivity contribution < 1.29 is 9.59 Å². The average molecular weight is 312 g/mol. The van der Waals surface area contributed by atoms with Crippen molar-refractivity contribution in [3.8, 4) is 0 Å². The molecule has 0 N–H and O–H groups in total. The summed E-state index contributed by atoms with van der Waals surface area (Å²) in [5.41, 5.74) is 0. The lowest BCUT2D eigenvalue weighted by Gasteiger charge is -2.36. The zero-order valence-electron chi connectivity index (χ0n) is 8.34. The molecule has 0 aromatic heterocycles. The standard InChI is InChI=1S/C11H6Cl4O2/c12-8-9(13)11(15)3-10(8,14)6-4(16)1-2-5(17)7(6)11/h1-2,6-7H,3H2/t6-,7-,10-,11+/m0/s1. The van der Waals surface area contributed by atoms with E-state index in [9.17, 15) is 9.59 Å². The van der Waals surface area contributed by atoms with Crippen LogP contribution in [0.1, 0.15) is 6.42 Å². The highest BCUT2D eigenvalue weighted by molar-refractivity contribution is 6.52. The van der Waals surface area contributed by atoms with Crippen molar-refractivity contribution in [2.24, 2.45) is 11.8 Å². The number of rotatable bonds is 0. The fourth-order valence-corrected chi connectivity index (χ4v) is 5.02. The molecule has 2 bridgehead atoms. The van der Waals surface area contributed by atoms with Gasteiger partial charge in [0.2, 0.25) is 0 Å². The lowest BCUT2D eigenvalue weighted by atomic mass is 9.74. The maximum absolute atomic E-state index is 11.9. The lowest BCUT2D eigenvalue weighted by molar-refractivity contribution is -0.128. The second-order valence-corrected chi connectivity index (χ2v) is 6.73. The Morgan fingerprint density at radius 3 is 1.65 bits per heavy atom. The van der Waals surface area contributed by atoms with Crippen LogP contribution in [0.15, 0.2) is 22.2 Å². The van der Waals surface area contributed by atoms with E-state index >= 15 is 0 Å². The molecule has 1 fully saturated rings. The van der Waals surface area contributed by atoms with Gasteiger partial charge >= 0.3 is 0 Å². The minimum atomic E-state index is -1.12. The van der Waals surface area contributed by atoms with Crippen LogP contribution in [0.2, 0.25) is 0 Å². The molecule has 17 heavy (non-hydrogen) atoms. The van der Waals surface area contributed by atoms with Crippen LogP contribution in [0, 0.1) is 11.8 Å². The van der Waals surface area contributed by atoms with Crippen molar-refractivity contribution in [3.63, 3.8) is 0 Å². The van der Waals surface area contributed by atoms with Gasteiger partial charge < -0.3 is 0 Å². The number of allylic oxidation sites excluding steroid dienone is 4. The predicted molar refractivity (Wildman–Crippen MR) is 66.7 cm³/mol. The number of carbonyl (C=O) groups is 2. The molecule has 0 spiro atoms. The Labute approximate surface area is 118 Å². The molecular formula is C11H6Cl4O2. The SMILES string of the molecule is O=C1C=CC(=O)[C@H]2[C@H]1[C@@]1(Cl)C[C@]2(Cl)C(Cl)=C1Cl. The minimum Gasteiger partial charge on any atom is -0.294 e. The molecule has 6 heteroatoms. The Morgan fingerprint density at radius 1 is 0.941 bits per heavy atom. The van der Waals surface area contributed by atoms with Crippen molar-refractivity contribution in [1.29, 1.82) is 0 Å². The van der Waals surface area contributed by atoms with E-state index in [1.165, 1.54) is 12.2 Å². The summed E-state index contributed by atoms with van der Waals surface area (Å²) in [4.78, 5) is 21.6. The highest BCUT2D eigenvalue weighted by Gasteiger charge is 2.72. The molecule has 0 aromatic carbocycles. The number of carbonyl (C=O) groups excluding carboxylic acids is 2. The molecule has 3 aliphatic rings. The second-order valence-electron chi connectivity index (χ2n) is 4.62. The van der Waals surface area contributed by atoms with E-state index in [-0.39, 0.29) is 28.1 Å². The van der Waals surface area contributed by atoms with Gasteiger partial charge in [-0.05, 0) is 18.6 Å². The minimum absolute atomic E-state index is 0.202. The molecule has 0 aliphatic heterocycles. The third-order valence-electron chi connectivity index (χ3n) is 3.78. The smallest absolute Gasteiger partial charge is 0.161 e. The van der Waals surface area contributed by atoms with Crippen LogP contribution in [0.3, 0.4) is 0 Å². The van der Waals surface area contributed by atoms with E-state index in [0.717, 1.165) is 0 Å². The molecule has 0 unspecified atom stereocenters. The van der Waals surface area contributed by atoms with Crippen molar-refractivity contribution >= 4 is 58.0 Å². The predicted octanol–water partition coefficient (Wildman–Crippen LogP) is 2.99. The molecule has 3 aliphatic carbocycles. The van der Waals surface area contributed by atoms with Crippen LogP contribution in [0.4, 0.5) is 0 Å². The molecule has 0 radical (unpaired) electrons. The summed E-state index contributed by atoms with van der Waals surface area (Å²) in [6.45, 7) is 0. The normalized spacial score (nSPS) is 48.0. The maximum Gasteiger partial charge on any atom is 0.161 e. The number of halogens is 4. The van der Waals surface area contributed by atoms with E-state index in [2.05, 4.69) is 0 Å². The quantitative estimate of drug-likeness (QED) is 0.645. The Bertz CT molecular complexity index is 480. The van der Waals surface area contributed by atoms with Crippen LogP contribution in [-0.4, -0.2) is 21.3 Å². The Kier molecular flexibility index (Phi) is 2.33. The van der Waals surface area contributed by atoms with Crippen LogP contribution in [0.5, 0.6) is 0 Å². The zero-order chi connectivity index (χ0) is 12.6. The van der Waals surface area contributed by atoms with Gasteiger partial charge in [0.1, 0.15) is 0 Å². The monoisotopic (exact) mass is 310 g/mol. The van der Waals surface area contributed by atoms with Crippen LogP contribution in [0.25, 0.3) is 0 Å². The highest BCUT2D eigenvalue weighted by Crippen LogP contribution is 2.68. The van der Waals surface area contributed by atoms with E-state index in [0.29, 0.717) is 0 Å². The number of fused-ring (bicyclic) bond motifs is 5. The van der Waals surface area contributed by atoms with Gasteiger partial charge in [0.15, 0.2) is 11.6 Å². The Morgan fingerprint density at radius 2 is 1.29 bits per heavy atom. The van der Waals surface area contributed by atoms with Gasteiger partial charge in [-0.25, -0.2) is 0 Å². The molecule has 3 rings (SSSR count). The van der Waals surface area contributed by atoms with Crippen molar-refractivity contribution in [1.82, 2.24) is 0 Å². The summed E-state index contributed by atoms with van der Waals surface area (Å²) in [7, 11) is 0. The molecule has 2 nitrogen and oxygen atoms in total. The summed E-state index contributed by atoms with van der Waals surface area (Å²) in [5, 5.41) is 0.405. The summed E-state index contributed by atoms with van der Waals surface area (Å²) in [5.74, 6) is -1.83. The van der Waals surface area contributed by atoms with Crippen LogP contribution >= 0.6 is 46.4 Å². The van der Waals surface area contributed by atoms with E-state index in [1.54, 1.807) is 0 Å². The summed E-state index contributed by atoms with van der Waals surface area (Å²) < 4.78 is 0. The van der Waals surface area contributed by atoms with Crippen LogP contribution in [-0.2, 0) is 9.59 Å². The molecular weight excluding hydrogens is 306 g/mol. The first-order chi connectivity index (χ1) is 7.82. The first kappa shape index (κ1) is 12.0. The molecule has 0 aromatic rings. The number of alkyl halides is 2. The average Bonchev–Trinajstić information content (AvgIpc) is 2.61. The first-order valence-electron chi connectivity index (χ1n) is 5.02. The summed E-state index contributed by atoms with van der Waals surface area (Å²) >= 11 is 24.9. The van der Waals surface area contributed by atoms with Crippen molar-refractivity contribution in [3.05, 3.63) is 22.2 Å². The maximum atomic E-state index is 11.9. The molecule has 0 amide bonds. The van der Waals surface area contributed by atoms with Crippen molar-refractivity contribution in [2.75, 3.05) is 0 Å². The second kappa shape index (κ2) is 3.30. The van der Waals surface area contributed by atoms with Gasteiger partial charge in [0, 0.05) is 0 Å². The Balaban J connectivity index is 2.26. The van der Waals surface area contributed by atoms with Gasteiger partial charge in [-0.1, -0.05) is 23.2 Å². The topological polar surface area (TPSA) is 34.1 Å². The van der Waals surface area contributed by atoms with Crippen molar-refractivity contribution in [2.45, 2.75) is 16.2 Å². The number of ketones is 2. The van der Waals surface area contributed by atoms with Gasteiger partial charge in [-0.3, -0.25) is 9.59 Å². The highest BCUT2D eigenvalue weighted by atomic mass is 35.5. The fraction of sp³-hybridized carbons (Fsp3) is 0.455.